The van der Waals surface area contributed by atoms with Crippen LogP contribution in [0.2, 0.25) is 0 Å². The van der Waals surface area contributed by atoms with E-state index in [-0.39, 0.29) is 7.66 Å². The Kier molecular flexibility index (Phi) is 4.22. The molecule has 0 N–H and O–H groups in total. The predicted molar refractivity (Wildman–Crippen MR) is 101 cm³/mol. The molecule has 1 atom stereocenters. The van der Waals surface area contributed by atoms with Gasteiger partial charge in [-0.05, 0) is 61.8 Å². The van der Waals surface area contributed by atoms with Crippen molar-refractivity contribution in [2.75, 3.05) is 0 Å². The van der Waals surface area contributed by atoms with Crippen molar-refractivity contribution >= 4 is 44.2 Å². The van der Waals surface area contributed by atoms with E-state index in [1.54, 1.807) is 0 Å². The molecule has 0 fully saturated rings. The lowest BCUT2D eigenvalue weighted by molar-refractivity contribution is 1.61. The van der Waals surface area contributed by atoms with Crippen molar-refractivity contribution in [3.8, 4) is 0 Å². The Labute approximate surface area is 134 Å². The normalized spacial score (nSPS) is 18.5. The van der Waals surface area contributed by atoms with Gasteiger partial charge < -0.3 is 0 Å². The van der Waals surface area contributed by atoms with Crippen molar-refractivity contribution in [3.63, 3.8) is 0 Å². The van der Waals surface area contributed by atoms with Crippen molar-refractivity contribution in [2.24, 2.45) is 0 Å². The number of allylic oxidation sites excluding steroid dienone is 3. The van der Waals surface area contributed by atoms with E-state index in [1.807, 2.05) is 0 Å². The maximum absolute atomic E-state index is 2.56. The van der Waals surface area contributed by atoms with E-state index >= 15 is 0 Å². The second-order valence-corrected chi connectivity index (χ2v) is 8.95. The van der Waals surface area contributed by atoms with E-state index in [4.69, 9.17) is 0 Å². The lowest BCUT2D eigenvalue weighted by Crippen LogP contribution is -1.96. The molecule has 0 bridgehead atoms. The van der Waals surface area contributed by atoms with Crippen LogP contribution in [0.25, 0.3) is 10.5 Å². The molecule has 1 aliphatic rings. The SMILES string of the molecule is CC1=S(I)C(c2ccccc2)=CC(c2ccccc2)=C1. The summed E-state index contributed by atoms with van der Waals surface area (Å²) in [6.07, 6.45) is 4.66. The molecule has 0 saturated carbocycles. The van der Waals surface area contributed by atoms with Crippen molar-refractivity contribution in [2.45, 2.75) is 6.92 Å². The first-order valence-electron chi connectivity index (χ1n) is 6.54. The van der Waals surface area contributed by atoms with Gasteiger partial charge in [0.05, 0.1) is 0 Å². The predicted octanol–water partition coefficient (Wildman–Crippen LogP) is 5.94. The molecule has 1 unspecified atom stereocenters. The van der Waals surface area contributed by atoms with E-state index in [1.165, 1.54) is 26.5 Å². The third-order valence-electron chi connectivity index (χ3n) is 3.29. The molecule has 0 spiro atoms. The Balaban J connectivity index is 2.12. The fourth-order valence-corrected chi connectivity index (χ4v) is 4.94. The first-order chi connectivity index (χ1) is 9.75. The van der Waals surface area contributed by atoms with Gasteiger partial charge in [-0.1, -0.05) is 68.3 Å². The van der Waals surface area contributed by atoms with Crippen LogP contribution in [0.15, 0.2) is 72.8 Å². The van der Waals surface area contributed by atoms with Crippen LogP contribution in [0.1, 0.15) is 18.1 Å². The molecule has 0 amide bonds. The smallest absolute Gasteiger partial charge is 0.0195 e. The maximum Gasteiger partial charge on any atom is 0.0195 e. The molecule has 0 saturated heterocycles. The first kappa shape index (κ1) is 13.8. The molecular formula is C18H15IS. The van der Waals surface area contributed by atoms with Crippen LogP contribution in [0, 0.1) is 0 Å². The topological polar surface area (TPSA) is 0 Å². The van der Waals surface area contributed by atoms with E-state index in [0.717, 1.165) is 0 Å². The van der Waals surface area contributed by atoms with Gasteiger partial charge in [-0.2, -0.15) is 0 Å². The molecule has 2 aromatic carbocycles. The molecule has 100 valence electrons. The first-order valence-corrected chi connectivity index (χ1v) is 10.3. The van der Waals surface area contributed by atoms with Crippen LogP contribution in [-0.2, 0) is 0 Å². The van der Waals surface area contributed by atoms with Gasteiger partial charge in [-0.25, -0.2) is 0 Å². The number of benzene rings is 2. The lowest BCUT2D eigenvalue weighted by Gasteiger charge is -2.17. The summed E-state index contributed by atoms with van der Waals surface area (Å²) in [7, 11) is 0.153. The number of hydrogen-bond donors (Lipinski definition) is 0. The molecule has 1 heterocycles. The van der Waals surface area contributed by atoms with E-state index in [0.29, 0.717) is 0 Å². The molecule has 0 radical (unpaired) electrons. The molecule has 2 aromatic rings. The number of halogens is 1. The van der Waals surface area contributed by atoms with Crippen molar-refractivity contribution in [3.05, 3.63) is 83.9 Å². The Morgan fingerprint density at radius 1 is 0.750 bits per heavy atom. The summed E-state index contributed by atoms with van der Waals surface area (Å²) in [5.41, 5.74) is 3.92. The van der Waals surface area contributed by atoms with Crippen LogP contribution in [0.5, 0.6) is 0 Å². The fourth-order valence-electron chi connectivity index (χ4n) is 2.27. The third kappa shape index (κ3) is 2.81. The molecule has 0 nitrogen and oxygen atoms in total. The van der Waals surface area contributed by atoms with Gasteiger partial charge in [-0.15, -0.1) is 0 Å². The van der Waals surface area contributed by atoms with Crippen molar-refractivity contribution in [1.29, 1.82) is 0 Å². The monoisotopic (exact) mass is 390 g/mol. The van der Waals surface area contributed by atoms with Gasteiger partial charge >= 0.3 is 0 Å². The molecule has 3 rings (SSSR count). The highest BCUT2D eigenvalue weighted by atomic mass is 127. The second kappa shape index (κ2) is 6.10. The zero-order valence-electron chi connectivity index (χ0n) is 11.2. The standard InChI is InChI=1S/C18H15IS/c1-14-12-17(15-8-4-2-5-9-15)13-18(20(14)19)16-10-6-3-7-11-16/h2-13H,1H3. The minimum absolute atomic E-state index is 0.153. The largest absolute Gasteiger partial charge is 0.0879 e. The number of hydrogen-bond acceptors (Lipinski definition) is 0. The van der Waals surface area contributed by atoms with Crippen molar-refractivity contribution < 1.29 is 0 Å². The highest BCUT2D eigenvalue weighted by Gasteiger charge is 2.13. The summed E-state index contributed by atoms with van der Waals surface area (Å²) in [4.78, 5) is 2.86. The summed E-state index contributed by atoms with van der Waals surface area (Å²) in [5.74, 6) is 0. The zero-order valence-corrected chi connectivity index (χ0v) is 14.2. The molecule has 1 aliphatic heterocycles. The Morgan fingerprint density at radius 3 is 1.90 bits per heavy atom. The average molecular weight is 390 g/mol. The Bertz CT molecular complexity index is 710. The van der Waals surface area contributed by atoms with Crippen molar-refractivity contribution in [1.82, 2.24) is 0 Å². The molecule has 0 aliphatic carbocycles. The molecule has 20 heavy (non-hydrogen) atoms. The molecule has 0 aromatic heterocycles. The minimum atomic E-state index is 0.153. The van der Waals surface area contributed by atoms with Crippen LogP contribution < -0.4 is 0 Å². The van der Waals surface area contributed by atoms with Crippen LogP contribution in [0.3, 0.4) is 0 Å². The summed E-state index contributed by atoms with van der Waals surface area (Å²) in [6.45, 7) is 2.23. The van der Waals surface area contributed by atoms with E-state index in [2.05, 4.69) is 101 Å². The quantitative estimate of drug-likeness (QED) is 0.440. The second-order valence-electron chi connectivity index (χ2n) is 4.71. The lowest BCUT2D eigenvalue weighted by atomic mass is 10.0. The Morgan fingerprint density at radius 2 is 1.30 bits per heavy atom. The average Bonchev–Trinajstić information content (AvgIpc) is 2.51. The van der Waals surface area contributed by atoms with E-state index < -0.39 is 0 Å². The van der Waals surface area contributed by atoms with Gasteiger partial charge in [0.1, 0.15) is 0 Å². The van der Waals surface area contributed by atoms with Crippen LogP contribution >= 0.6 is 28.9 Å². The van der Waals surface area contributed by atoms with Gasteiger partial charge in [0.15, 0.2) is 0 Å². The Hall–Kier alpha value is -1.13. The van der Waals surface area contributed by atoms with Gasteiger partial charge in [0.25, 0.3) is 0 Å². The van der Waals surface area contributed by atoms with E-state index in [9.17, 15) is 0 Å². The highest BCUT2D eigenvalue weighted by Crippen LogP contribution is 2.46. The van der Waals surface area contributed by atoms with Gasteiger partial charge in [0.2, 0.25) is 0 Å². The number of rotatable bonds is 2. The van der Waals surface area contributed by atoms with Gasteiger partial charge in [0, 0.05) is 4.91 Å². The summed E-state index contributed by atoms with van der Waals surface area (Å²) < 4.78 is 0. The highest BCUT2D eigenvalue weighted by molar-refractivity contribution is 14.2. The maximum atomic E-state index is 2.56. The molecular weight excluding hydrogens is 375 g/mol. The fraction of sp³-hybridized carbons (Fsp3) is 0.0556. The summed E-state index contributed by atoms with van der Waals surface area (Å²) >= 11 is 2.56. The molecule has 2 heteroatoms. The zero-order chi connectivity index (χ0) is 13.9. The van der Waals surface area contributed by atoms with Gasteiger partial charge in [-0.3, -0.25) is 0 Å². The van der Waals surface area contributed by atoms with Crippen LogP contribution in [0.4, 0.5) is 0 Å². The summed E-state index contributed by atoms with van der Waals surface area (Å²) in [5, 5.41) is 0. The van der Waals surface area contributed by atoms with Crippen LogP contribution in [-0.4, -0.2) is 4.86 Å². The third-order valence-corrected chi connectivity index (χ3v) is 8.22. The summed E-state index contributed by atoms with van der Waals surface area (Å²) in [6, 6.07) is 21.3. The minimum Gasteiger partial charge on any atom is -0.0879 e.